The van der Waals surface area contributed by atoms with E-state index in [1.807, 2.05) is 0 Å². The van der Waals surface area contributed by atoms with Gasteiger partial charge in [0.1, 0.15) is 5.58 Å². The number of aromatic nitrogens is 2. The van der Waals surface area contributed by atoms with Gasteiger partial charge in [-0.1, -0.05) is 69.3 Å². The molecule has 3 heterocycles. The van der Waals surface area contributed by atoms with E-state index < -0.39 is 39.2 Å². The zero-order valence-corrected chi connectivity index (χ0v) is 22.3. The summed E-state index contributed by atoms with van der Waals surface area (Å²) >= 11 is 0. The first kappa shape index (κ1) is 14.4. The van der Waals surface area contributed by atoms with Crippen molar-refractivity contribution in [3.63, 3.8) is 0 Å². The van der Waals surface area contributed by atoms with Crippen LogP contribution in [0.2, 0.25) is 0 Å². The van der Waals surface area contributed by atoms with Crippen molar-refractivity contribution in [1.82, 2.24) is 9.97 Å². The molecule has 0 saturated heterocycles. The molecular formula is C37H36N2O. The Balaban J connectivity index is 1.57. The molecule has 0 atom stereocenters. The second kappa shape index (κ2) is 9.75. The molecular weight excluding hydrogens is 488 g/mol. The van der Waals surface area contributed by atoms with Gasteiger partial charge in [-0.05, 0) is 108 Å². The van der Waals surface area contributed by atoms with Crippen molar-refractivity contribution in [3.8, 4) is 33.5 Å². The van der Waals surface area contributed by atoms with Crippen molar-refractivity contribution in [1.29, 1.82) is 0 Å². The van der Waals surface area contributed by atoms with E-state index in [2.05, 4.69) is 9.97 Å². The van der Waals surface area contributed by atoms with Crippen LogP contribution in [0.5, 0.6) is 0 Å². The van der Waals surface area contributed by atoms with E-state index >= 15 is 0 Å². The van der Waals surface area contributed by atoms with Crippen LogP contribution < -0.4 is 0 Å². The topological polar surface area (TPSA) is 38.9 Å². The number of benzene rings is 3. The first-order valence-electron chi connectivity index (χ1n) is 19.8. The molecule has 0 N–H and O–H groups in total. The summed E-state index contributed by atoms with van der Waals surface area (Å²) in [5, 5.41) is 1.16. The molecule has 0 aliphatic rings. The fraction of sp³-hybridized carbons (Fsp3) is 0.243. The molecule has 40 heavy (non-hydrogen) atoms. The summed E-state index contributed by atoms with van der Waals surface area (Å²) in [4.78, 5) is 8.67. The van der Waals surface area contributed by atoms with Crippen LogP contribution in [0.4, 0.5) is 0 Å². The summed E-state index contributed by atoms with van der Waals surface area (Å²) in [6.07, 6.45) is -0.732. The number of para-hydroxylation sites is 1. The van der Waals surface area contributed by atoms with Gasteiger partial charge in [-0.15, -0.1) is 0 Å². The molecule has 0 aliphatic heterocycles. The van der Waals surface area contributed by atoms with Gasteiger partial charge in [0.05, 0.1) is 5.69 Å². The van der Waals surface area contributed by atoms with Gasteiger partial charge in [-0.3, -0.25) is 4.98 Å². The molecule has 6 aromatic rings. The Hall–Kier alpha value is -4.24. The number of fused-ring (bicyclic) bond motifs is 3. The number of pyridine rings is 2. The maximum atomic E-state index is 8.72. The average molecular weight is 539 g/mol. The Morgan fingerprint density at radius 2 is 1.57 bits per heavy atom. The highest BCUT2D eigenvalue weighted by Gasteiger charge is 2.17. The number of furan rings is 1. The van der Waals surface area contributed by atoms with E-state index in [1.165, 1.54) is 48.5 Å². The van der Waals surface area contributed by atoms with E-state index in [0.717, 1.165) is 6.20 Å². The molecule has 6 rings (SSSR count). The van der Waals surface area contributed by atoms with Crippen molar-refractivity contribution in [2.45, 2.75) is 54.6 Å². The molecule has 0 bridgehead atoms. The van der Waals surface area contributed by atoms with E-state index in [1.54, 1.807) is 45.0 Å². The molecule has 0 spiro atoms. The van der Waals surface area contributed by atoms with Gasteiger partial charge in [0.25, 0.3) is 0 Å². The van der Waals surface area contributed by atoms with Gasteiger partial charge in [-0.25, -0.2) is 4.98 Å². The van der Waals surface area contributed by atoms with Crippen LogP contribution in [0.25, 0.3) is 55.6 Å². The Kier molecular flexibility index (Phi) is 3.51. The highest BCUT2D eigenvalue weighted by molar-refractivity contribution is 6.08. The molecule has 0 fully saturated rings. The van der Waals surface area contributed by atoms with Crippen molar-refractivity contribution in [3.05, 3.63) is 107 Å². The zero-order chi connectivity index (χ0) is 40.0. The third-order valence-electron chi connectivity index (χ3n) is 6.70. The van der Waals surface area contributed by atoms with Crippen LogP contribution in [-0.2, 0) is 6.37 Å². The standard InChI is InChI=1S/C37H36N2O/c1-22-17-26(20-37(5,6)7)12-15-28(22)27-13-16-29(23(2)18-27)33-19-34(38-21-24(33)3)32-10-8-9-30-31-14-11-25(4)39-36(31)40-35(30)32/h8-19,21H,20H2,1-7H3/i1D3,2D3,3D3,4D3,20D2. The van der Waals surface area contributed by atoms with Crippen LogP contribution in [0, 0.1) is 32.8 Å². The van der Waals surface area contributed by atoms with Gasteiger partial charge in [0, 0.05) is 47.4 Å². The lowest BCUT2D eigenvalue weighted by atomic mass is 9.86. The Bertz CT molecular complexity index is 2410. The maximum absolute atomic E-state index is 8.72. The van der Waals surface area contributed by atoms with E-state index in [-0.39, 0.29) is 61.6 Å². The van der Waals surface area contributed by atoms with Crippen LogP contribution in [0.1, 0.15) is 67.9 Å². The SMILES string of the molecule is [2H]C([2H])([2H])c1ccc2c(n1)oc1c(-c3cc(-c4ccc(-c5ccc(C([2H])([2H])C(C)(C)C)cc5C([2H])([2H])[2H])cc4C([2H])([2H])[2H])c(C([2H])([2H])[2H])cn3)cccc12. The zero-order valence-electron chi connectivity index (χ0n) is 36.3. The molecule has 3 nitrogen and oxygen atoms in total. The molecule has 0 radical (unpaired) electrons. The number of rotatable bonds is 4. The summed E-state index contributed by atoms with van der Waals surface area (Å²) < 4.78 is 122. The quantitative estimate of drug-likeness (QED) is 0.224. The van der Waals surface area contributed by atoms with Crippen LogP contribution in [-0.4, -0.2) is 9.97 Å². The minimum atomic E-state index is -2.80. The van der Waals surface area contributed by atoms with Crippen molar-refractivity contribution in [2.24, 2.45) is 5.41 Å². The normalized spacial score (nSPS) is 18.8. The number of aryl methyl sites for hydroxylation is 4. The van der Waals surface area contributed by atoms with Crippen LogP contribution in [0.15, 0.2) is 83.4 Å². The number of hydrogen-bond donors (Lipinski definition) is 0. The van der Waals surface area contributed by atoms with Crippen molar-refractivity contribution < 1.29 is 23.6 Å². The lowest BCUT2D eigenvalue weighted by molar-refractivity contribution is 0.411. The molecule has 0 amide bonds. The fourth-order valence-corrected chi connectivity index (χ4v) is 4.96. The number of nitrogens with zero attached hydrogens (tertiary/aromatic N) is 2. The van der Waals surface area contributed by atoms with Gasteiger partial charge >= 0.3 is 0 Å². The minimum Gasteiger partial charge on any atom is -0.437 e. The molecule has 0 unspecified atom stereocenters. The number of hydrogen-bond acceptors (Lipinski definition) is 3. The Labute approximate surface area is 256 Å². The average Bonchev–Trinajstić information content (AvgIpc) is 3.44. The van der Waals surface area contributed by atoms with Gasteiger partial charge < -0.3 is 4.42 Å². The third-order valence-corrected chi connectivity index (χ3v) is 6.70. The highest BCUT2D eigenvalue weighted by Crippen LogP contribution is 2.38. The summed E-state index contributed by atoms with van der Waals surface area (Å²) in [6.45, 7) is -5.54. The van der Waals surface area contributed by atoms with Crippen molar-refractivity contribution >= 4 is 22.1 Å². The molecule has 0 saturated carbocycles. The van der Waals surface area contributed by atoms with Crippen molar-refractivity contribution in [2.75, 3.05) is 0 Å². The second-order valence-electron chi connectivity index (χ2n) is 10.8. The minimum absolute atomic E-state index is 0.0540. The third kappa shape index (κ3) is 4.81. The summed E-state index contributed by atoms with van der Waals surface area (Å²) in [7, 11) is 0. The summed E-state index contributed by atoms with van der Waals surface area (Å²) in [5.41, 5.74) is 0.124. The van der Waals surface area contributed by atoms with E-state index in [9.17, 15) is 0 Å². The Morgan fingerprint density at radius 3 is 2.38 bits per heavy atom. The Morgan fingerprint density at radius 1 is 0.750 bits per heavy atom. The molecule has 3 aromatic carbocycles. The lowest BCUT2D eigenvalue weighted by Crippen LogP contribution is -2.09. The predicted molar refractivity (Wildman–Crippen MR) is 168 cm³/mol. The first-order valence-corrected chi connectivity index (χ1v) is 12.8. The fourth-order valence-electron chi connectivity index (χ4n) is 4.96. The largest absolute Gasteiger partial charge is 0.437 e. The molecule has 3 heteroatoms. The van der Waals surface area contributed by atoms with Gasteiger partial charge in [0.15, 0.2) is 0 Å². The maximum Gasteiger partial charge on any atom is 0.227 e. The molecule has 200 valence electrons. The van der Waals surface area contributed by atoms with Gasteiger partial charge in [-0.2, -0.15) is 0 Å². The van der Waals surface area contributed by atoms with Crippen LogP contribution in [0.3, 0.4) is 0 Å². The monoisotopic (exact) mass is 538 g/mol. The van der Waals surface area contributed by atoms with Gasteiger partial charge in [0.2, 0.25) is 5.71 Å². The molecule has 0 aliphatic carbocycles. The lowest BCUT2D eigenvalue weighted by Gasteiger charge is -2.19. The molecule has 3 aromatic heterocycles. The highest BCUT2D eigenvalue weighted by atomic mass is 16.3. The predicted octanol–water partition coefficient (Wildman–Crippen LogP) is 10.2. The second-order valence-corrected chi connectivity index (χ2v) is 10.8. The first-order chi connectivity index (χ1) is 24.7. The smallest absolute Gasteiger partial charge is 0.227 e. The van der Waals surface area contributed by atoms with E-state index in [4.69, 9.17) is 23.6 Å². The summed E-state index contributed by atoms with van der Waals surface area (Å²) in [6, 6.07) is 18.2. The van der Waals surface area contributed by atoms with E-state index in [0.29, 0.717) is 21.9 Å². The summed E-state index contributed by atoms with van der Waals surface area (Å²) in [5.74, 6) is 0. The van der Waals surface area contributed by atoms with Crippen LogP contribution >= 0.6 is 0 Å².